The van der Waals surface area contributed by atoms with Crippen molar-refractivity contribution >= 4 is 25.0 Å². The molecule has 5 nitrogen and oxygen atoms in total. The molecule has 0 aromatic rings. The fourth-order valence-electron chi connectivity index (χ4n) is 4.57. The lowest BCUT2D eigenvalue weighted by Gasteiger charge is -2.52. The summed E-state index contributed by atoms with van der Waals surface area (Å²) in [6, 6.07) is -0.0700. The number of fused-ring (bicyclic) bond motifs is 1. The minimum absolute atomic E-state index is 0.0700. The molecule has 8 heteroatoms. The van der Waals surface area contributed by atoms with Gasteiger partial charge in [0.1, 0.15) is 14.0 Å². The maximum absolute atomic E-state index is 7.17. The SMILES string of the molecule is B[C@@H]1O[C@@H]2CO[Si](C(C)C)(C(C)C)O[Si](C(C)C)(C(C)C)O[C@H]2[C@@]1(C)N. The third-order valence-corrected chi connectivity index (χ3v) is 16.8. The first-order valence-corrected chi connectivity index (χ1v) is 14.2. The van der Waals surface area contributed by atoms with Crippen molar-refractivity contribution in [3.8, 4) is 0 Å². The van der Waals surface area contributed by atoms with E-state index in [9.17, 15) is 0 Å². The van der Waals surface area contributed by atoms with Crippen LogP contribution in [0.1, 0.15) is 62.3 Å². The molecule has 0 bridgehead atoms. The van der Waals surface area contributed by atoms with Crippen LogP contribution in [0.2, 0.25) is 22.2 Å². The van der Waals surface area contributed by atoms with E-state index in [1.165, 1.54) is 0 Å². The van der Waals surface area contributed by atoms with E-state index >= 15 is 0 Å². The first-order chi connectivity index (χ1) is 11.8. The molecule has 2 fully saturated rings. The largest absolute Gasteiger partial charge is 0.414 e. The summed E-state index contributed by atoms with van der Waals surface area (Å²) in [5, 5.41) is 0. The lowest BCUT2D eigenvalue weighted by molar-refractivity contribution is -0.0275. The van der Waals surface area contributed by atoms with Crippen LogP contribution in [0.5, 0.6) is 0 Å². The minimum atomic E-state index is -2.61. The zero-order valence-electron chi connectivity index (χ0n) is 18.5. The second-order valence-corrected chi connectivity index (χ2v) is 18.5. The lowest BCUT2D eigenvalue weighted by Crippen LogP contribution is -2.68. The van der Waals surface area contributed by atoms with Crippen molar-refractivity contribution in [1.82, 2.24) is 0 Å². The van der Waals surface area contributed by atoms with Gasteiger partial charge < -0.3 is 23.4 Å². The third-order valence-electron chi connectivity index (χ3n) is 6.53. The van der Waals surface area contributed by atoms with Gasteiger partial charge in [0.2, 0.25) is 0 Å². The second-order valence-electron chi connectivity index (χ2n) is 9.70. The average molecular weight is 402 g/mol. The summed E-state index contributed by atoms with van der Waals surface area (Å²) >= 11 is 0. The molecule has 0 saturated carbocycles. The molecule has 0 aliphatic carbocycles. The summed E-state index contributed by atoms with van der Waals surface area (Å²) in [5.41, 5.74) is 7.43. The Balaban J connectivity index is 2.58. The molecule has 0 unspecified atom stereocenters. The van der Waals surface area contributed by atoms with Crippen molar-refractivity contribution in [2.45, 2.75) is 108 Å². The van der Waals surface area contributed by atoms with Crippen LogP contribution >= 0.6 is 0 Å². The Hall–Kier alpha value is 0.299. The predicted molar refractivity (Wildman–Crippen MR) is 114 cm³/mol. The van der Waals surface area contributed by atoms with Crippen molar-refractivity contribution in [3.63, 3.8) is 0 Å². The molecule has 4 atom stereocenters. The highest BCUT2D eigenvalue weighted by Crippen LogP contribution is 2.48. The molecule has 2 aliphatic heterocycles. The van der Waals surface area contributed by atoms with Gasteiger partial charge >= 0.3 is 17.1 Å². The van der Waals surface area contributed by atoms with Gasteiger partial charge in [0.05, 0.1) is 18.2 Å². The van der Waals surface area contributed by atoms with E-state index in [2.05, 4.69) is 55.4 Å². The van der Waals surface area contributed by atoms with Crippen LogP contribution < -0.4 is 5.73 Å². The van der Waals surface area contributed by atoms with Crippen molar-refractivity contribution < 1.29 is 17.7 Å². The zero-order chi connectivity index (χ0) is 20.1. The topological polar surface area (TPSA) is 62.9 Å². The summed E-state index contributed by atoms with van der Waals surface area (Å²) in [5.74, 6) is 0. The van der Waals surface area contributed by atoms with Crippen LogP contribution in [-0.4, -0.2) is 55.3 Å². The van der Waals surface area contributed by atoms with Crippen LogP contribution in [0.3, 0.4) is 0 Å². The van der Waals surface area contributed by atoms with Gasteiger partial charge in [-0.25, -0.2) is 0 Å². The molecular weight excluding hydrogens is 361 g/mol. The first kappa shape index (κ1) is 22.6. The van der Waals surface area contributed by atoms with Gasteiger partial charge in [-0.1, -0.05) is 55.4 Å². The van der Waals surface area contributed by atoms with Crippen molar-refractivity contribution in [2.24, 2.45) is 5.73 Å². The van der Waals surface area contributed by atoms with Gasteiger partial charge in [-0.15, -0.1) is 0 Å². The first-order valence-electron chi connectivity index (χ1n) is 10.3. The Morgan fingerprint density at radius 3 is 1.81 bits per heavy atom. The molecule has 26 heavy (non-hydrogen) atoms. The van der Waals surface area contributed by atoms with E-state index in [1.807, 2.05) is 14.8 Å². The summed E-state index contributed by atoms with van der Waals surface area (Å²) in [6.45, 7) is 20.4. The molecule has 0 amide bonds. The van der Waals surface area contributed by atoms with Gasteiger partial charge in [-0.3, -0.25) is 0 Å². The van der Waals surface area contributed by atoms with Crippen LogP contribution in [0.4, 0.5) is 0 Å². The van der Waals surface area contributed by atoms with Gasteiger partial charge in [0.25, 0.3) is 0 Å². The van der Waals surface area contributed by atoms with Gasteiger partial charge in [-0.05, 0) is 29.1 Å². The Labute approximate surface area is 163 Å². The molecule has 2 N–H and O–H groups in total. The fraction of sp³-hybridized carbons (Fsp3) is 1.00. The van der Waals surface area contributed by atoms with E-state index in [4.69, 9.17) is 23.4 Å². The highest BCUT2D eigenvalue weighted by molar-refractivity contribution is 6.84. The van der Waals surface area contributed by atoms with E-state index in [0.29, 0.717) is 28.8 Å². The zero-order valence-corrected chi connectivity index (χ0v) is 20.5. The van der Waals surface area contributed by atoms with Crippen molar-refractivity contribution in [1.29, 1.82) is 0 Å². The maximum Gasteiger partial charge on any atom is 0.335 e. The third kappa shape index (κ3) is 3.51. The second kappa shape index (κ2) is 7.61. The Kier molecular flexibility index (Phi) is 6.61. The monoisotopic (exact) mass is 401 g/mol. The Bertz CT molecular complexity index is 486. The van der Waals surface area contributed by atoms with Crippen LogP contribution in [-0.2, 0) is 17.7 Å². The van der Waals surface area contributed by atoms with Crippen LogP contribution in [0, 0.1) is 0 Å². The van der Waals surface area contributed by atoms with E-state index in [1.54, 1.807) is 0 Å². The van der Waals surface area contributed by atoms with Crippen LogP contribution in [0.25, 0.3) is 0 Å². The summed E-state index contributed by atoms with van der Waals surface area (Å²) in [7, 11) is -3.06. The number of rotatable bonds is 4. The molecule has 0 radical (unpaired) electrons. The standard InChI is InChI=1S/C18H40BNO4Si2/c1-11(2)25(12(3)4)21-10-15-16(18(9,20)17(19)22-15)23-26(24-25,13(5)6)14(7)8/h11-17H,10,19-20H2,1-9H3/t15-,16-,17-,18-/m1/s1. The molecule has 2 aliphatic rings. The number of hydrogen-bond acceptors (Lipinski definition) is 5. The van der Waals surface area contributed by atoms with Crippen LogP contribution in [0.15, 0.2) is 0 Å². The Morgan fingerprint density at radius 1 is 0.923 bits per heavy atom. The molecule has 2 saturated heterocycles. The minimum Gasteiger partial charge on any atom is -0.414 e. The smallest absolute Gasteiger partial charge is 0.335 e. The Morgan fingerprint density at radius 2 is 1.38 bits per heavy atom. The predicted octanol–water partition coefficient (Wildman–Crippen LogP) is 3.02. The van der Waals surface area contributed by atoms with Crippen molar-refractivity contribution in [3.05, 3.63) is 0 Å². The number of nitrogens with two attached hydrogens (primary N) is 1. The van der Waals surface area contributed by atoms with Crippen molar-refractivity contribution in [2.75, 3.05) is 6.61 Å². The number of ether oxygens (including phenoxy) is 1. The maximum atomic E-state index is 7.17. The quantitative estimate of drug-likeness (QED) is 0.734. The lowest BCUT2D eigenvalue weighted by atomic mass is 9.80. The highest BCUT2D eigenvalue weighted by Gasteiger charge is 2.62. The van der Waals surface area contributed by atoms with E-state index in [-0.39, 0.29) is 18.2 Å². The van der Waals surface area contributed by atoms with E-state index < -0.39 is 22.7 Å². The number of hydrogen-bond donors (Lipinski definition) is 1. The summed E-state index contributed by atoms with van der Waals surface area (Å²) in [4.78, 5) is 0. The molecule has 2 heterocycles. The molecule has 0 spiro atoms. The molecule has 152 valence electrons. The van der Waals surface area contributed by atoms with E-state index in [0.717, 1.165) is 0 Å². The normalized spacial score (nSPS) is 37.2. The average Bonchev–Trinajstić information content (AvgIpc) is 2.68. The molecular formula is C18H40BNO4Si2. The van der Waals surface area contributed by atoms with Gasteiger partial charge in [0.15, 0.2) is 0 Å². The van der Waals surface area contributed by atoms with Gasteiger partial charge in [-0.2, -0.15) is 0 Å². The fourth-order valence-corrected chi connectivity index (χ4v) is 15.9. The van der Waals surface area contributed by atoms with Gasteiger partial charge in [0, 0.05) is 6.00 Å². The summed E-state index contributed by atoms with van der Waals surface area (Å²) in [6.07, 6.45) is -0.321. The molecule has 2 rings (SSSR count). The molecule has 0 aromatic heterocycles. The highest BCUT2D eigenvalue weighted by atomic mass is 28.5. The summed E-state index contributed by atoms with van der Waals surface area (Å²) < 4.78 is 27.1. The molecule has 0 aromatic carbocycles.